The van der Waals surface area contributed by atoms with Crippen LogP contribution in [-0.2, 0) is 6.54 Å². The molecule has 1 N–H and O–H groups in total. The van der Waals surface area contributed by atoms with E-state index in [1.54, 1.807) is 12.5 Å². The molecule has 0 bridgehead atoms. The van der Waals surface area contributed by atoms with E-state index >= 15 is 0 Å². The molecule has 0 aliphatic heterocycles. The third-order valence-corrected chi connectivity index (χ3v) is 3.16. The van der Waals surface area contributed by atoms with Crippen LogP contribution in [0.4, 0.5) is 0 Å². The first kappa shape index (κ1) is 10.1. The molecule has 0 aromatic carbocycles. The van der Waals surface area contributed by atoms with E-state index in [0.29, 0.717) is 16.6 Å². The molecular formula is C11H11BrN2O2. The summed E-state index contributed by atoms with van der Waals surface area (Å²) in [5, 5.41) is 3.39. The molecule has 1 saturated carbocycles. The van der Waals surface area contributed by atoms with Crippen molar-refractivity contribution in [3.05, 3.63) is 29.0 Å². The van der Waals surface area contributed by atoms with Gasteiger partial charge in [-0.2, -0.15) is 0 Å². The van der Waals surface area contributed by atoms with Crippen LogP contribution in [0.15, 0.2) is 32.1 Å². The zero-order chi connectivity index (χ0) is 11.0. The van der Waals surface area contributed by atoms with Crippen molar-refractivity contribution < 1.29 is 8.83 Å². The molecule has 3 rings (SSSR count). The largest absolute Gasteiger partial charge is 0.457 e. The Morgan fingerprint density at radius 2 is 2.31 bits per heavy atom. The second kappa shape index (κ2) is 4.07. The minimum Gasteiger partial charge on any atom is -0.457 e. The quantitative estimate of drug-likeness (QED) is 0.937. The maximum Gasteiger partial charge on any atom is 0.230 e. The van der Waals surface area contributed by atoms with E-state index in [1.165, 1.54) is 12.8 Å². The molecule has 2 aromatic rings. The third-order valence-electron chi connectivity index (χ3n) is 2.55. The zero-order valence-corrected chi connectivity index (χ0v) is 10.2. The first-order valence-electron chi connectivity index (χ1n) is 5.24. The number of hydrogen-bond acceptors (Lipinski definition) is 4. The highest BCUT2D eigenvalue weighted by Gasteiger charge is 2.21. The number of hydrogen-bond donors (Lipinski definition) is 1. The molecule has 1 aliphatic rings. The topological polar surface area (TPSA) is 51.2 Å². The summed E-state index contributed by atoms with van der Waals surface area (Å²) < 4.78 is 11.2. The van der Waals surface area contributed by atoms with Gasteiger partial charge in [0.25, 0.3) is 0 Å². The molecule has 2 aromatic heterocycles. The van der Waals surface area contributed by atoms with Gasteiger partial charge in [-0.3, -0.25) is 0 Å². The van der Waals surface area contributed by atoms with Gasteiger partial charge >= 0.3 is 0 Å². The monoisotopic (exact) mass is 282 g/mol. The van der Waals surface area contributed by atoms with Gasteiger partial charge in [-0.05, 0) is 34.8 Å². The first-order chi connectivity index (χ1) is 7.83. The zero-order valence-electron chi connectivity index (χ0n) is 8.57. The van der Waals surface area contributed by atoms with Crippen LogP contribution >= 0.6 is 15.9 Å². The average molecular weight is 283 g/mol. The lowest BCUT2D eigenvalue weighted by atomic mass is 10.3. The molecule has 0 amide bonds. The molecule has 84 valence electrons. The second-order valence-electron chi connectivity index (χ2n) is 3.91. The summed E-state index contributed by atoms with van der Waals surface area (Å²) in [5.41, 5.74) is 1.77. The van der Waals surface area contributed by atoms with Crippen LogP contribution in [-0.4, -0.2) is 11.0 Å². The number of rotatable bonds is 4. The molecule has 0 saturated heterocycles. The van der Waals surface area contributed by atoms with Crippen LogP contribution < -0.4 is 5.32 Å². The summed E-state index contributed by atoms with van der Waals surface area (Å²) >= 11 is 3.30. The van der Waals surface area contributed by atoms with Crippen molar-refractivity contribution in [3.63, 3.8) is 0 Å². The Labute approximate surface area is 101 Å². The second-order valence-corrected chi connectivity index (χ2v) is 4.63. The summed E-state index contributed by atoms with van der Waals surface area (Å²) in [6.45, 7) is 0.767. The molecule has 1 fully saturated rings. The molecule has 16 heavy (non-hydrogen) atoms. The Morgan fingerprint density at radius 1 is 1.44 bits per heavy atom. The Kier molecular flexibility index (Phi) is 2.57. The number of nitrogens with one attached hydrogen (secondary N) is 1. The van der Waals surface area contributed by atoms with Crippen molar-refractivity contribution in [1.82, 2.24) is 10.3 Å². The summed E-state index contributed by atoms with van der Waals surface area (Å²) in [5.74, 6) is 0.591. The van der Waals surface area contributed by atoms with Gasteiger partial charge in [0.1, 0.15) is 6.26 Å². The highest BCUT2D eigenvalue weighted by atomic mass is 79.9. The van der Waals surface area contributed by atoms with Gasteiger partial charge in [-0.1, -0.05) is 0 Å². The molecule has 0 atom stereocenters. The smallest absolute Gasteiger partial charge is 0.230 e. The fourth-order valence-electron chi connectivity index (χ4n) is 1.49. The number of halogens is 1. The molecule has 0 radical (unpaired) electrons. The van der Waals surface area contributed by atoms with E-state index in [-0.39, 0.29) is 0 Å². The Morgan fingerprint density at radius 3 is 3.00 bits per heavy atom. The predicted molar refractivity (Wildman–Crippen MR) is 61.8 cm³/mol. The summed E-state index contributed by atoms with van der Waals surface area (Å²) in [6, 6.07) is 2.51. The van der Waals surface area contributed by atoms with Crippen molar-refractivity contribution >= 4 is 15.9 Å². The Balaban J connectivity index is 1.74. The van der Waals surface area contributed by atoms with Gasteiger partial charge in [0.15, 0.2) is 4.67 Å². The van der Waals surface area contributed by atoms with Gasteiger partial charge in [0.05, 0.1) is 17.5 Å². The average Bonchev–Trinajstić information content (AvgIpc) is 2.82. The molecular weight excluding hydrogens is 272 g/mol. The van der Waals surface area contributed by atoms with E-state index in [0.717, 1.165) is 17.8 Å². The SMILES string of the molecule is Brc1occc1-c1nc(CNC2CC2)co1. The number of furan rings is 1. The van der Waals surface area contributed by atoms with Crippen molar-refractivity contribution in [2.24, 2.45) is 0 Å². The van der Waals surface area contributed by atoms with Crippen molar-refractivity contribution in [2.75, 3.05) is 0 Å². The van der Waals surface area contributed by atoms with Crippen molar-refractivity contribution in [2.45, 2.75) is 25.4 Å². The summed E-state index contributed by atoms with van der Waals surface area (Å²) in [4.78, 5) is 4.39. The highest BCUT2D eigenvalue weighted by molar-refractivity contribution is 9.10. The lowest BCUT2D eigenvalue weighted by Crippen LogP contribution is -2.15. The molecule has 0 unspecified atom stereocenters. The van der Waals surface area contributed by atoms with E-state index in [1.807, 2.05) is 6.07 Å². The van der Waals surface area contributed by atoms with Crippen LogP contribution in [0.2, 0.25) is 0 Å². The van der Waals surface area contributed by atoms with E-state index in [2.05, 4.69) is 26.2 Å². The van der Waals surface area contributed by atoms with Crippen LogP contribution in [0, 0.1) is 0 Å². The van der Waals surface area contributed by atoms with Gasteiger partial charge < -0.3 is 14.2 Å². The third kappa shape index (κ3) is 2.05. The van der Waals surface area contributed by atoms with Gasteiger partial charge in [-0.15, -0.1) is 0 Å². The maximum atomic E-state index is 5.40. The van der Waals surface area contributed by atoms with E-state index in [9.17, 15) is 0 Å². The Bertz CT molecular complexity index is 488. The number of aromatic nitrogens is 1. The van der Waals surface area contributed by atoms with Crippen LogP contribution in [0.3, 0.4) is 0 Å². The fourth-order valence-corrected chi connectivity index (χ4v) is 1.90. The molecule has 0 spiro atoms. The van der Waals surface area contributed by atoms with Gasteiger partial charge in [-0.25, -0.2) is 4.98 Å². The van der Waals surface area contributed by atoms with Gasteiger partial charge in [0.2, 0.25) is 5.89 Å². The van der Waals surface area contributed by atoms with Crippen molar-refractivity contribution in [1.29, 1.82) is 0 Å². The van der Waals surface area contributed by atoms with E-state index < -0.39 is 0 Å². The number of nitrogens with zero attached hydrogens (tertiary/aromatic N) is 1. The predicted octanol–water partition coefficient (Wildman–Crippen LogP) is 2.95. The lowest BCUT2D eigenvalue weighted by molar-refractivity contribution is 0.535. The van der Waals surface area contributed by atoms with E-state index in [4.69, 9.17) is 8.83 Å². The summed E-state index contributed by atoms with van der Waals surface area (Å²) in [6.07, 6.45) is 5.84. The van der Waals surface area contributed by atoms with Crippen LogP contribution in [0.5, 0.6) is 0 Å². The van der Waals surface area contributed by atoms with Crippen molar-refractivity contribution in [3.8, 4) is 11.5 Å². The first-order valence-corrected chi connectivity index (χ1v) is 6.03. The molecule has 1 aliphatic carbocycles. The summed E-state index contributed by atoms with van der Waals surface area (Å²) in [7, 11) is 0. The van der Waals surface area contributed by atoms with Gasteiger partial charge in [0, 0.05) is 12.6 Å². The molecule has 5 heteroatoms. The fraction of sp³-hybridized carbons (Fsp3) is 0.364. The lowest BCUT2D eigenvalue weighted by Gasteiger charge is -1.96. The maximum absolute atomic E-state index is 5.40. The normalized spacial score (nSPS) is 15.6. The van der Waals surface area contributed by atoms with Crippen LogP contribution in [0.1, 0.15) is 18.5 Å². The highest BCUT2D eigenvalue weighted by Crippen LogP contribution is 2.28. The number of oxazole rings is 1. The standard InChI is InChI=1S/C11H11BrN2O2/c12-10-9(3-4-15-10)11-14-8(6-16-11)5-13-7-1-2-7/h3-4,6-7,13H,1-2,5H2. The van der Waals surface area contributed by atoms with Crippen LogP contribution in [0.25, 0.3) is 11.5 Å². The molecule has 2 heterocycles. The minimum absolute atomic E-state index is 0.591. The molecule has 4 nitrogen and oxygen atoms in total. The minimum atomic E-state index is 0.591. The Hall–Kier alpha value is -1.07.